The van der Waals surface area contributed by atoms with Gasteiger partial charge in [0.05, 0.1) is 11.6 Å². The number of aliphatic hydroxyl groups is 1. The van der Waals surface area contributed by atoms with Gasteiger partial charge in [-0.25, -0.2) is 8.78 Å². The van der Waals surface area contributed by atoms with Gasteiger partial charge in [0.1, 0.15) is 11.6 Å². The van der Waals surface area contributed by atoms with Crippen molar-refractivity contribution in [1.82, 2.24) is 0 Å². The van der Waals surface area contributed by atoms with Crippen LogP contribution in [0.2, 0.25) is 0 Å². The van der Waals surface area contributed by atoms with E-state index >= 15 is 0 Å². The van der Waals surface area contributed by atoms with Crippen LogP contribution in [0, 0.1) is 11.6 Å². The van der Waals surface area contributed by atoms with Crippen LogP contribution in [-0.4, -0.2) is 16.7 Å². The normalized spacial score (nSPS) is 27.1. The van der Waals surface area contributed by atoms with Gasteiger partial charge in [-0.1, -0.05) is 6.92 Å². The van der Waals surface area contributed by atoms with E-state index in [0.717, 1.165) is 6.07 Å². The summed E-state index contributed by atoms with van der Waals surface area (Å²) in [6.07, 6.45) is -0.708. The Morgan fingerprint density at radius 2 is 1.94 bits per heavy atom. The maximum absolute atomic E-state index is 13.6. The first-order valence-electron chi connectivity index (χ1n) is 5.28. The Bertz CT molecular complexity index is 431. The van der Waals surface area contributed by atoms with Gasteiger partial charge in [0, 0.05) is 23.2 Å². The lowest BCUT2D eigenvalue weighted by atomic mass is 9.79. The highest BCUT2D eigenvalue weighted by Gasteiger charge is 2.40. The van der Waals surface area contributed by atoms with Crippen LogP contribution in [0.4, 0.5) is 14.5 Å². The van der Waals surface area contributed by atoms with Gasteiger partial charge in [0.25, 0.3) is 0 Å². The highest BCUT2D eigenvalue weighted by Crippen LogP contribution is 2.40. The zero-order chi connectivity index (χ0) is 12.1. The number of hydrogen-bond donors (Lipinski definition) is 2. The monoisotopic (exact) mass is 227 g/mol. The summed E-state index contributed by atoms with van der Waals surface area (Å²) in [6, 6.07) is 2.12. The molecule has 2 N–H and O–H groups in total. The van der Waals surface area contributed by atoms with E-state index in [-0.39, 0.29) is 5.92 Å². The van der Waals surface area contributed by atoms with Gasteiger partial charge in [-0.2, -0.15) is 0 Å². The number of rotatable bonds is 0. The summed E-state index contributed by atoms with van der Waals surface area (Å²) in [4.78, 5) is 0. The van der Waals surface area contributed by atoms with Crippen molar-refractivity contribution in [3.05, 3.63) is 29.3 Å². The third kappa shape index (κ3) is 1.57. The van der Waals surface area contributed by atoms with Crippen molar-refractivity contribution in [1.29, 1.82) is 0 Å². The highest BCUT2D eigenvalue weighted by atomic mass is 19.1. The molecule has 2 rings (SSSR count). The molecule has 1 aromatic rings. The summed E-state index contributed by atoms with van der Waals surface area (Å²) in [5.74, 6) is -1.57. The molecule has 1 aliphatic rings. The average molecular weight is 227 g/mol. The quantitative estimate of drug-likeness (QED) is 0.714. The standard InChI is InChI=1S/C12H15F2NO/c1-6-10-8(14)4-7(13)5-9(10)15-12(2,3)11(6)16/h4-6,11,15-16H,1-3H3. The predicted octanol–water partition coefficient (Wildman–Crippen LogP) is 2.63. The number of benzene rings is 1. The van der Waals surface area contributed by atoms with Gasteiger partial charge in [-0.05, 0) is 19.9 Å². The van der Waals surface area contributed by atoms with Gasteiger partial charge in [-0.15, -0.1) is 0 Å². The number of hydrogen-bond acceptors (Lipinski definition) is 2. The van der Waals surface area contributed by atoms with Gasteiger partial charge in [0.15, 0.2) is 0 Å². The van der Waals surface area contributed by atoms with Crippen LogP contribution in [0.3, 0.4) is 0 Å². The van der Waals surface area contributed by atoms with Crippen molar-refractivity contribution in [2.45, 2.75) is 38.3 Å². The topological polar surface area (TPSA) is 32.3 Å². The van der Waals surface area contributed by atoms with E-state index in [1.165, 1.54) is 6.07 Å². The largest absolute Gasteiger partial charge is 0.390 e. The minimum absolute atomic E-state index is 0.355. The molecule has 0 bridgehead atoms. The SMILES string of the molecule is CC1c2c(F)cc(F)cc2NC(C)(C)C1O. The van der Waals surface area contributed by atoms with Crippen molar-refractivity contribution >= 4 is 5.69 Å². The molecule has 88 valence electrons. The average Bonchev–Trinajstić information content (AvgIpc) is 2.12. The third-order valence-corrected chi connectivity index (χ3v) is 3.22. The van der Waals surface area contributed by atoms with E-state index in [1.54, 1.807) is 20.8 Å². The number of halogens is 2. The Hall–Kier alpha value is -1.16. The van der Waals surface area contributed by atoms with Crippen LogP contribution in [0.25, 0.3) is 0 Å². The minimum Gasteiger partial charge on any atom is -0.390 e. The lowest BCUT2D eigenvalue weighted by Gasteiger charge is -2.42. The zero-order valence-electron chi connectivity index (χ0n) is 9.51. The zero-order valence-corrected chi connectivity index (χ0v) is 9.51. The number of nitrogens with one attached hydrogen (secondary N) is 1. The Kier molecular flexibility index (Phi) is 2.42. The second kappa shape index (κ2) is 3.42. The lowest BCUT2D eigenvalue weighted by Crippen LogP contribution is -2.50. The van der Waals surface area contributed by atoms with Crippen molar-refractivity contribution < 1.29 is 13.9 Å². The molecule has 16 heavy (non-hydrogen) atoms. The van der Waals surface area contributed by atoms with E-state index in [9.17, 15) is 13.9 Å². The second-order valence-corrected chi connectivity index (χ2v) is 4.93. The van der Waals surface area contributed by atoms with E-state index in [0.29, 0.717) is 11.3 Å². The summed E-state index contributed by atoms with van der Waals surface area (Å²) in [7, 11) is 0. The van der Waals surface area contributed by atoms with Crippen LogP contribution < -0.4 is 5.32 Å². The molecule has 0 spiro atoms. The second-order valence-electron chi connectivity index (χ2n) is 4.93. The van der Waals surface area contributed by atoms with Crippen LogP contribution in [0.15, 0.2) is 12.1 Å². The molecule has 0 saturated heterocycles. The van der Waals surface area contributed by atoms with E-state index in [2.05, 4.69) is 5.32 Å². The highest BCUT2D eigenvalue weighted by molar-refractivity contribution is 5.58. The summed E-state index contributed by atoms with van der Waals surface area (Å²) >= 11 is 0. The van der Waals surface area contributed by atoms with Crippen LogP contribution in [0.5, 0.6) is 0 Å². The number of fused-ring (bicyclic) bond motifs is 1. The molecular weight excluding hydrogens is 212 g/mol. The molecule has 0 aromatic heterocycles. The van der Waals surface area contributed by atoms with Crippen LogP contribution in [0.1, 0.15) is 32.3 Å². The Morgan fingerprint density at radius 1 is 1.31 bits per heavy atom. The van der Waals surface area contributed by atoms with E-state index < -0.39 is 23.3 Å². The third-order valence-electron chi connectivity index (χ3n) is 3.22. The Labute approximate surface area is 93.3 Å². The van der Waals surface area contributed by atoms with Crippen molar-refractivity contribution in [3.8, 4) is 0 Å². The molecule has 0 radical (unpaired) electrons. The number of anilines is 1. The summed E-state index contributed by atoms with van der Waals surface area (Å²) in [5.41, 5.74) is 0.195. The van der Waals surface area contributed by atoms with Crippen molar-refractivity contribution in [2.24, 2.45) is 0 Å². The van der Waals surface area contributed by atoms with Gasteiger partial charge in [-0.3, -0.25) is 0 Å². The first-order valence-corrected chi connectivity index (χ1v) is 5.28. The molecule has 1 aromatic carbocycles. The molecule has 4 heteroatoms. The fraction of sp³-hybridized carbons (Fsp3) is 0.500. The predicted molar refractivity (Wildman–Crippen MR) is 58.5 cm³/mol. The molecule has 0 amide bonds. The van der Waals surface area contributed by atoms with Gasteiger partial charge >= 0.3 is 0 Å². The van der Waals surface area contributed by atoms with E-state index in [1.807, 2.05) is 0 Å². The maximum Gasteiger partial charge on any atom is 0.131 e. The molecule has 0 saturated carbocycles. The molecule has 1 aliphatic heterocycles. The van der Waals surface area contributed by atoms with Crippen molar-refractivity contribution in [3.63, 3.8) is 0 Å². The first-order chi connectivity index (χ1) is 7.33. The Morgan fingerprint density at radius 3 is 2.56 bits per heavy atom. The molecule has 0 aliphatic carbocycles. The lowest BCUT2D eigenvalue weighted by molar-refractivity contribution is 0.0854. The smallest absolute Gasteiger partial charge is 0.131 e. The van der Waals surface area contributed by atoms with Crippen LogP contribution in [-0.2, 0) is 0 Å². The van der Waals surface area contributed by atoms with Crippen molar-refractivity contribution in [2.75, 3.05) is 5.32 Å². The Balaban J connectivity index is 2.59. The molecular formula is C12H15F2NO. The van der Waals surface area contributed by atoms with E-state index in [4.69, 9.17) is 0 Å². The summed E-state index contributed by atoms with van der Waals surface area (Å²) in [5, 5.41) is 13.0. The summed E-state index contributed by atoms with van der Waals surface area (Å²) < 4.78 is 26.7. The number of aliphatic hydroxyl groups excluding tert-OH is 1. The fourth-order valence-electron chi connectivity index (χ4n) is 2.35. The molecule has 2 nitrogen and oxygen atoms in total. The molecule has 2 atom stereocenters. The van der Waals surface area contributed by atoms with Crippen LogP contribution >= 0.6 is 0 Å². The summed E-state index contributed by atoms with van der Waals surface area (Å²) in [6.45, 7) is 5.35. The van der Waals surface area contributed by atoms with Gasteiger partial charge < -0.3 is 10.4 Å². The van der Waals surface area contributed by atoms with Gasteiger partial charge in [0.2, 0.25) is 0 Å². The fourth-order valence-corrected chi connectivity index (χ4v) is 2.35. The molecule has 2 unspecified atom stereocenters. The maximum atomic E-state index is 13.6. The first kappa shape index (κ1) is 11.3. The molecule has 0 fully saturated rings. The molecule has 1 heterocycles. The minimum atomic E-state index is -0.708.